The van der Waals surface area contributed by atoms with E-state index in [9.17, 15) is 14.4 Å². The van der Waals surface area contributed by atoms with Crippen LogP contribution >= 0.6 is 0 Å². The molecule has 0 aliphatic heterocycles. The van der Waals surface area contributed by atoms with Crippen molar-refractivity contribution in [3.8, 4) is 5.75 Å². The number of hydrogen-bond acceptors (Lipinski definition) is 4. The van der Waals surface area contributed by atoms with Crippen LogP contribution < -0.4 is 20.9 Å². The Morgan fingerprint density at radius 3 is 2.33 bits per heavy atom. The molecule has 0 unspecified atom stereocenters. The summed E-state index contributed by atoms with van der Waals surface area (Å²) >= 11 is 0. The van der Waals surface area contributed by atoms with E-state index in [0.717, 1.165) is 42.6 Å². The van der Waals surface area contributed by atoms with Crippen molar-refractivity contribution in [2.45, 2.75) is 72.6 Å². The Balaban J connectivity index is 1.41. The first-order chi connectivity index (χ1) is 17.2. The van der Waals surface area contributed by atoms with E-state index in [1.54, 1.807) is 24.3 Å². The van der Waals surface area contributed by atoms with Gasteiger partial charge < -0.3 is 10.1 Å². The van der Waals surface area contributed by atoms with Crippen molar-refractivity contribution >= 4 is 23.4 Å². The van der Waals surface area contributed by atoms with Crippen molar-refractivity contribution in [2.75, 3.05) is 11.9 Å². The molecule has 0 bridgehead atoms. The molecule has 7 nitrogen and oxygen atoms in total. The zero-order valence-corrected chi connectivity index (χ0v) is 21.9. The van der Waals surface area contributed by atoms with Gasteiger partial charge in [0.15, 0.2) is 0 Å². The van der Waals surface area contributed by atoms with Gasteiger partial charge in [-0.05, 0) is 81.0 Å². The highest BCUT2D eigenvalue weighted by Crippen LogP contribution is 2.26. The lowest BCUT2D eigenvalue weighted by atomic mass is 9.87. The number of nitrogens with one attached hydrogen (secondary N) is 3. The maximum absolute atomic E-state index is 12.7. The molecule has 0 saturated heterocycles. The summed E-state index contributed by atoms with van der Waals surface area (Å²) in [6.45, 7) is 8.23. The average Bonchev–Trinajstić information content (AvgIpc) is 2.87. The number of carbonyl (C=O) groups is 3. The Kier molecular flexibility index (Phi) is 9.51. The van der Waals surface area contributed by atoms with Gasteiger partial charge in [-0.25, -0.2) is 0 Å². The Labute approximate surface area is 214 Å². The van der Waals surface area contributed by atoms with E-state index < -0.39 is 11.3 Å². The summed E-state index contributed by atoms with van der Waals surface area (Å²) in [6.07, 6.45) is 6.57. The third-order valence-corrected chi connectivity index (χ3v) is 6.84. The van der Waals surface area contributed by atoms with Crippen LogP contribution in [0.3, 0.4) is 0 Å². The molecule has 0 aromatic heterocycles. The number of rotatable bonds is 9. The Hall–Kier alpha value is -3.35. The van der Waals surface area contributed by atoms with Crippen LogP contribution in [0.2, 0.25) is 0 Å². The molecule has 0 radical (unpaired) electrons. The lowest BCUT2D eigenvalue weighted by Gasteiger charge is -2.23. The predicted octanol–water partition coefficient (Wildman–Crippen LogP) is 5.47. The van der Waals surface area contributed by atoms with Crippen LogP contribution in [0.15, 0.2) is 42.5 Å². The topological polar surface area (TPSA) is 96.5 Å². The molecule has 3 N–H and O–H groups in total. The molecule has 1 saturated carbocycles. The molecule has 36 heavy (non-hydrogen) atoms. The van der Waals surface area contributed by atoms with Crippen LogP contribution in [0.4, 0.5) is 5.69 Å². The second kappa shape index (κ2) is 12.6. The summed E-state index contributed by atoms with van der Waals surface area (Å²) in [7, 11) is 0. The minimum atomic E-state index is -0.675. The maximum Gasteiger partial charge on any atom is 0.269 e. The fourth-order valence-corrected chi connectivity index (χ4v) is 4.34. The maximum atomic E-state index is 12.7. The molecule has 1 aliphatic rings. The van der Waals surface area contributed by atoms with E-state index >= 15 is 0 Å². The van der Waals surface area contributed by atoms with Crippen molar-refractivity contribution in [3.05, 3.63) is 59.2 Å². The monoisotopic (exact) mass is 493 g/mol. The van der Waals surface area contributed by atoms with Crippen LogP contribution in [0.25, 0.3) is 0 Å². The number of carbonyl (C=O) groups excluding carboxylic acids is 3. The number of ether oxygens (including phenoxy) is 1. The minimum absolute atomic E-state index is 0.0424. The zero-order valence-electron chi connectivity index (χ0n) is 21.9. The van der Waals surface area contributed by atoms with Crippen molar-refractivity contribution < 1.29 is 19.1 Å². The van der Waals surface area contributed by atoms with Crippen molar-refractivity contribution in [2.24, 2.45) is 11.3 Å². The lowest BCUT2D eigenvalue weighted by molar-refractivity contribution is -0.130. The third-order valence-electron chi connectivity index (χ3n) is 6.84. The molecular weight excluding hydrogens is 454 g/mol. The van der Waals surface area contributed by atoms with Crippen LogP contribution in [-0.2, 0) is 9.59 Å². The summed E-state index contributed by atoms with van der Waals surface area (Å²) in [5, 5.41) is 2.94. The normalized spacial score (nSPS) is 14.1. The van der Waals surface area contributed by atoms with Crippen molar-refractivity contribution in [3.63, 3.8) is 0 Å². The molecule has 3 rings (SSSR count). The van der Waals surface area contributed by atoms with Gasteiger partial charge in [-0.2, -0.15) is 0 Å². The molecule has 1 fully saturated rings. The second-order valence-corrected chi connectivity index (χ2v) is 10.4. The molecule has 0 heterocycles. The van der Waals surface area contributed by atoms with Crippen LogP contribution in [0.1, 0.15) is 80.3 Å². The van der Waals surface area contributed by atoms with E-state index in [1.807, 2.05) is 45.9 Å². The van der Waals surface area contributed by atoms with Gasteiger partial charge in [-0.3, -0.25) is 25.2 Å². The van der Waals surface area contributed by atoms with Crippen LogP contribution in [-0.4, -0.2) is 24.3 Å². The van der Waals surface area contributed by atoms with E-state index in [4.69, 9.17) is 4.74 Å². The van der Waals surface area contributed by atoms with Gasteiger partial charge in [0.1, 0.15) is 5.75 Å². The SMILES string of the molecule is Cc1ccc(C)c(OCCCC(C)(C)C(=O)NNC(=O)c2ccc(NC(=O)C3CCCCC3)cc2)c1. The Morgan fingerprint density at radius 2 is 1.64 bits per heavy atom. The minimum Gasteiger partial charge on any atom is -0.493 e. The van der Waals surface area contributed by atoms with E-state index in [1.165, 1.54) is 6.42 Å². The van der Waals surface area contributed by atoms with Gasteiger partial charge in [-0.1, -0.05) is 45.2 Å². The summed E-state index contributed by atoms with van der Waals surface area (Å²) in [5.74, 6) is 0.296. The predicted molar refractivity (Wildman–Crippen MR) is 142 cm³/mol. The third kappa shape index (κ3) is 7.83. The first kappa shape index (κ1) is 27.2. The second-order valence-electron chi connectivity index (χ2n) is 10.4. The molecule has 3 amide bonds. The molecule has 1 aliphatic carbocycles. The molecule has 0 spiro atoms. The van der Waals surface area contributed by atoms with Crippen molar-refractivity contribution in [1.29, 1.82) is 0 Å². The quantitative estimate of drug-likeness (QED) is 0.319. The Morgan fingerprint density at radius 1 is 0.944 bits per heavy atom. The van der Waals surface area contributed by atoms with Gasteiger partial charge in [-0.15, -0.1) is 0 Å². The number of hydrogen-bond donors (Lipinski definition) is 3. The summed E-state index contributed by atoms with van der Waals surface area (Å²) in [5.41, 5.74) is 7.64. The number of hydrazine groups is 1. The Bertz CT molecular complexity index is 1060. The average molecular weight is 494 g/mol. The highest BCUT2D eigenvalue weighted by atomic mass is 16.5. The summed E-state index contributed by atoms with van der Waals surface area (Å²) < 4.78 is 5.89. The number of benzene rings is 2. The molecule has 2 aromatic rings. The first-order valence-corrected chi connectivity index (χ1v) is 12.9. The fourth-order valence-electron chi connectivity index (χ4n) is 4.34. The zero-order chi connectivity index (χ0) is 26.1. The fraction of sp³-hybridized carbons (Fsp3) is 0.483. The molecule has 0 atom stereocenters. The molecular formula is C29H39N3O4. The number of aryl methyl sites for hydroxylation is 2. The van der Waals surface area contributed by atoms with Gasteiger partial charge >= 0.3 is 0 Å². The molecule has 194 valence electrons. The summed E-state index contributed by atoms with van der Waals surface area (Å²) in [6, 6.07) is 12.8. The van der Waals surface area contributed by atoms with Gasteiger partial charge in [0.2, 0.25) is 11.8 Å². The number of amides is 3. The van der Waals surface area contributed by atoms with E-state index in [-0.39, 0.29) is 17.7 Å². The van der Waals surface area contributed by atoms with Crippen LogP contribution in [0, 0.1) is 25.2 Å². The number of anilines is 1. The lowest BCUT2D eigenvalue weighted by Crippen LogP contribution is -2.47. The largest absolute Gasteiger partial charge is 0.493 e. The smallest absolute Gasteiger partial charge is 0.269 e. The summed E-state index contributed by atoms with van der Waals surface area (Å²) in [4.78, 5) is 37.6. The van der Waals surface area contributed by atoms with Crippen molar-refractivity contribution in [1.82, 2.24) is 10.9 Å². The van der Waals surface area contributed by atoms with Crippen LogP contribution in [0.5, 0.6) is 5.75 Å². The highest BCUT2D eigenvalue weighted by Gasteiger charge is 2.27. The molecule has 7 heteroatoms. The van der Waals surface area contributed by atoms with E-state index in [2.05, 4.69) is 16.2 Å². The standard InChI is InChI=1S/C29H39N3O4/c1-20-11-12-21(2)25(19-20)36-18-8-17-29(3,4)28(35)32-31-27(34)23-13-15-24(16-14-23)30-26(33)22-9-6-5-7-10-22/h11-16,19,22H,5-10,17-18H2,1-4H3,(H,30,33)(H,31,34)(H,32,35). The first-order valence-electron chi connectivity index (χ1n) is 12.9. The van der Waals surface area contributed by atoms with Gasteiger partial charge in [0.25, 0.3) is 5.91 Å². The van der Waals surface area contributed by atoms with E-state index in [0.29, 0.717) is 30.7 Å². The van der Waals surface area contributed by atoms with Gasteiger partial charge in [0.05, 0.1) is 6.61 Å². The highest BCUT2D eigenvalue weighted by molar-refractivity contribution is 5.97. The van der Waals surface area contributed by atoms with Gasteiger partial charge in [0, 0.05) is 22.6 Å². The molecule has 2 aromatic carbocycles.